The SMILES string of the molecule is COc1cc(C(=O)Nc2ccc(Cl)cn2)cc(OC)c1Br. The molecule has 0 saturated heterocycles. The number of methoxy groups -OCH3 is 2. The van der Waals surface area contributed by atoms with Crippen LogP contribution >= 0.6 is 27.5 Å². The standard InChI is InChI=1S/C14H12BrClN2O3/c1-20-10-5-8(6-11(21-2)13(10)15)14(19)18-12-4-3-9(16)7-17-12/h3-7H,1-2H3,(H,17,18,19). The predicted molar refractivity (Wildman–Crippen MR) is 84.4 cm³/mol. The van der Waals surface area contributed by atoms with Gasteiger partial charge in [0.15, 0.2) is 0 Å². The van der Waals surface area contributed by atoms with E-state index < -0.39 is 0 Å². The molecule has 5 nitrogen and oxygen atoms in total. The second-order valence-electron chi connectivity index (χ2n) is 4.01. The van der Waals surface area contributed by atoms with Gasteiger partial charge in [-0.1, -0.05) is 11.6 Å². The molecule has 0 fully saturated rings. The van der Waals surface area contributed by atoms with Crippen LogP contribution < -0.4 is 14.8 Å². The number of nitrogens with zero attached hydrogens (tertiary/aromatic N) is 1. The Hall–Kier alpha value is -1.79. The first-order valence-corrected chi connectivity index (χ1v) is 7.06. The lowest BCUT2D eigenvalue weighted by molar-refractivity contribution is 0.102. The van der Waals surface area contributed by atoms with Crippen molar-refractivity contribution < 1.29 is 14.3 Å². The fraction of sp³-hybridized carbons (Fsp3) is 0.143. The van der Waals surface area contributed by atoms with Crippen molar-refractivity contribution in [2.75, 3.05) is 19.5 Å². The molecule has 0 aliphatic rings. The largest absolute Gasteiger partial charge is 0.495 e. The summed E-state index contributed by atoms with van der Waals surface area (Å²) >= 11 is 9.10. The van der Waals surface area contributed by atoms with Gasteiger partial charge in [-0.25, -0.2) is 4.98 Å². The van der Waals surface area contributed by atoms with Crippen molar-refractivity contribution >= 4 is 39.3 Å². The lowest BCUT2D eigenvalue weighted by Gasteiger charge is -2.11. The smallest absolute Gasteiger partial charge is 0.257 e. The van der Waals surface area contributed by atoms with E-state index >= 15 is 0 Å². The molecule has 0 unspecified atom stereocenters. The number of aromatic nitrogens is 1. The highest BCUT2D eigenvalue weighted by Crippen LogP contribution is 2.35. The molecule has 1 heterocycles. The lowest BCUT2D eigenvalue weighted by Crippen LogP contribution is -2.13. The van der Waals surface area contributed by atoms with Crippen molar-refractivity contribution in [3.63, 3.8) is 0 Å². The first kappa shape index (κ1) is 15.6. The number of pyridine rings is 1. The van der Waals surface area contributed by atoms with E-state index in [1.165, 1.54) is 20.4 Å². The number of nitrogens with one attached hydrogen (secondary N) is 1. The minimum absolute atomic E-state index is 0.325. The van der Waals surface area contributed by atoms with Crippen LogP contribution in [-0.2, 0) is 0 Å². The molecule has 110 valence electrons. The zero-order valence-corrected chi connectivity index (χ0v) is 13.7. The van der Waals surface area contributed by atoms with Crippen LogP contribution in [-0.4, -0.2) is 25.1 Å². The van der Waals surface area contributed by atoms with Crippen molar-refractivity contribution in [1.29, 1.82) is 0 Å². The van der Waals surface area contributed by atoms with Crippen LogP contribution in [0.25, 0.3) is 0 Å². The van der Waals surface area contributed by atoms with E-state index in [0.717, 1.165) is 0 Å². The van der Waals surface area contributed by atoms with E-state index in [9.17, 15) is 4.79 Å². The second-order valence-corrected chi connectivity index (χ2v) is 5.24. The molecule has 1 aromatic carbocycles. The molecular formula is C14H12BrClN2O3. The van der Waals surface area contributed by atoms with Gasteiger partial charge in [0.2, 0.25) is 0 Å². The number of hydrogen-bond donors (Lipinski definition) is 1. The van der Waals surface area contributed by atoms with Crippen LogP contribution in [0.3, 0.4) is 0 Å². The fourth-order valence-electron chi connectivity index (χ4n) is 1.64. The topological polar surface area (TPSA) is 60.5 Å². The van der Waals surface area contributed by atoms with E-state index in [-0.39, 0.29) is 5.91 Å². The molecule has 1 amide bonds. The van der Waals surface area contributed by atoms with Gasteiger partial charge >= 0.3 is 0 Å². The highest BCUT2D eigenvalue weighted by Gasteiger charge is 2.15. The van der Waals surface area contributed by atoms with Gasteiger partial charge in [-0.3, -0.25) is 4.79 Å². The summed E-state index contributed by atoms with van der Waals surface area (Å²) in [6.07, 6.45) is 1.46. The second kappa shape index (κ2) is 6.78. The molecule has 7 heteroatoms. The number of carbonyl (C=O) groups excluding carboxylic acids is 1. The third-order valence-electron chi connectivity index (χ3n) is 2.68. The van der Waals surface area contributed by atoms with Crippen molar-refractivity contribution in [1.82, 2.24) is 4.98 Å². The summed E-state index contributed by atoms with van der Waals surface area (Å²) in [6.45, 7) is 0. The Labute approximate surface area is 135 Å². The van der Waals surface area contributed by atoms with Crippen molar-refractivity contribution in [2.24, 2.45) is 0 Å². The van der Waals surface area contributed by atoms with Gasteiger partial charge < -0.3 is 14.8 Å². The molecule has 2 aromatic rings. The maximum Gasteiger partial charge on any atom is 0.257 e. The number of rotatable bonds is 4. The van der Waals surface area contributed by atoms with Gasteiger partial charge in [0.1, 0.15) is 21.8 Å². The van der Waals surface area contributed by atoms with Crippen molar-refractivity contribution in [3.05, 3.63) is 45.5 Å². The van der Waals surface area contributed by atoms with E-state index in [2.05, 4.69) is 26.2 Å². The molecule has 21 heavy (non-hydrogen) atoms. The summed E-state index contributed by atoms with van der Waals surface area (Å²) in [5, 5.41) is 3.17. The maximum atomic E-state index is 12.2. The quantitative estimate of drug-likeness (QED) is 0.889. The molecule has 0 bridgehead atoms. The summed E-state index contributed by atoms with van der Waals surface area (Å²) in [5.41, 5.74) is 0.392. The summed E-state index contributed by atoms with van der Waals surface area (Å²) in [6, 6.07) is 6.48. The van der Waals surface area contributed by atoms with Gasteiger partial charge in [0.05, 0.1) is 19.2 Å². The normalized spacial score (nSPS) is 10.1. The minimum Gasteiger partial charge on any atom is -0.495 e. The molecule has 1 aromatic heterocycles. The summed E-state index contributed by atoms with van der Waals surface area (Å²) in [4.78, 5) is 16.2. The van der Waals surface area contributed by atoms with Gasteiger partial charge in [0.25, 0.3) is 5.91 Å². The predicted octanol–water partition coefficient (Wildman–Crippen LogP) is 3.77. The molecule has 0 aliphatic carbocycles. The van der Waals surface area contributed by atoms with Crippen LogP contribution in [0.2, 0.25) is 5.02 Å². The third kappa shape index (κ3) is 3.65. The van der Waals surface area contributed by atoms with Crippen LogP contribution in [0.15, 0.2) is 34.9 Å². The van der Waals surface area contributed by atoms with Crippen LogP contribution in [0.1, 0.15) is 10.4 Å². The summed E-state index contributed by atoms with van der Waals surface area (Å²) in [7, 11) is 3.03. The van der Waals surface area contributed by atoms with Gasteiger partial charge in [-0.15, -0.1) is 0 Å². The van der Waals surface area contributed by atoms with Crippen LogP contribution in [0.5, 0.6) is 11.5 Å². The Bertz CT molecular complexity index is 637. The number of benzene rings is 1. The van der Waals surface area contributed by atoms with E-state index in [4.69, 9.17) is 21.1 Å². The lowest BCUT2D eigenvalue weighted by atomic mass is 10.2. The monoisotopic (exact) mass is 370 g/mol. The Kier molecular flexibility index (Phi) is 5.03. The first-order chi connectivity index (χ1) is 10.0. The number of amides is 1. The molecule has 0 atom stereocenters. The Morgan fingerprint density at radius 1 is 1.24 bits per heavy atom. The number of halogens is 2. The Morgan fingerprint density at radius 3 is 2.33 bits per heavy atom. The summed E-state index contributed by atoms with van der Waals surface area (Å²) in [5.74, 6) is 1.09. The average molecular weight is 372 g/mol. The van der Waals surface area contributed by atoms with Crippen molar-refractivity contribution in [2.45, 2.75) is 0 Å². The molecule has 0 radical (unpaired) electrons. The molecule has 0 saturated carbocycles. The number of ether oxygens (including phenoxy) is 2. The molecule has 1 N–H and O–H groups in total. The molecule has 2 rings (SSSR count). The Balaban J connectivity index is 2.28. The molecule has 0 spiro atoms. The van der Waals surface area contributed by atoms with E-state index in [0.29, 0.717) is 32.4 Å². The highest BCUT2D eigenvalue weighted by atomic mass is 79.9. The fourth-order valence-corrected chi connectivity index (χ4v) is 2.30. The van der Waals surface area contributed by atoms with Crippen molar-refractivity contribution in [3.8, 4) is 11.5 Å². The number of hydrogen-bond acceptors (Lipinski definition) is 4. The zero-order valence-electron chi connectivity index (χ0n) is 11.3. The third-order valence-corrected chi connectivity index (χ3v) is 3.68. The average Bonchev–Trinajstić information content (AvgIpc) is 2.49. The van der Waals surface area contributed by atoms with Crippen LogP contribution in [0, 0.1) is 0 Å². The summed E-state index contributed by atoms with van der Waals surface area (Å²) < 4.78 is 11.1. The highest BCUT2D eigenvalue weighted by molar-refractivity contribution is 9.10. The molecular weight excluding hydrogens is 360 g/mol. The van der Waals surface area contributed by atoms with Gasteiger partial charge in [-0.05, 0) is 40.2 Å². The maximum absolute atomic E-state index is 12.2. The van der Waals surface area contributed by atoms with Crippen LogP contribution in [0.4, 0.5) is 5.82 Å². The van der Waals surface area contributed by atoms with Gasteiger partial charge in [0, 0.05) is 11.8 Å². The minimum atomic E-state index is -0.325. The number of carbonyl (C=O) groups is 1. The molecule has 0 aliphatic heterocycles. The Morgan fingerprint density at radius 2 is 1.86 bits per heavy atom. The number of anilines is 1. The zero-order chi connectivity index (χ0) is 15.4. The van der Waals surface area contributed by atoms with E-state index in [1.807, 2.05) is 0 Å². The van der Waals surface area contributed by atoms with E-state index in [1.54, 1.807) is 24.3 Å². The van der Waals surface area contributed by atoms with Gasteiger partial charge in [-0.2, -0.15) is 0 Å². The first-order valence-electron chi connectivity index (χ1n) is 5.89.